The average molecular weight is 274 g/mol. The first-order chi connectivity index (χ1) is 9.50. The van der Waals surface area contributed by atoms with Crippen LogP contribution in [-0.2, 0) is 0 Å². The molecule has 20 heavy (non-hydrogen) atoms. The molecule has 7 heteroatoms. The van der Waals surface area contributed by atoms with Crippen LogP contribution in [0.1, 0.15) is 15.9 Å². The van der Waals surface area contributed by atoms with Crippen molar-refractivity contribution in [1.29, 1.82) is 0 Å². The summed E-state index contributed by atoms with van der Waals surface area (Å²) in [6.07, 6.45) is 1.49. The second kappa shape index (κ2) is 5.35. The molecule has 2 rings (SSSR count). The summed E-state index contributed by atoms with van der Waals surface area (Å²) in [5, 5.41) is 20.0. The minimum atomic E-state index is -1.43. The lowest BCUT2D eigenvalue weighted by atomic mass is 10.1. The highest BCUT2D eigenvalue weighted by molar-refractivity contribution is 5.95. The van der Waals surface area contributed by atoms with Crippen LogP contribution < -0.4 is 4.74 Å². The fourth-order valence-electron chi connectivity index (χ4n) is 1.65. The summed E-state index contributed by atoms with van der Waals surface area (Å²) in [6, 6.07) is 7.26. The summed E-state index contributed by atoms with van der Waals surface area (Å²) < 4.78 is 5.40. The van der Waals surface area contributed by atoms with Crippen LogP contribution >= 0.6 is 0 Å². The fourth-order valence-corrected chi connectivity index (χ4v) is 1.65. The molecule has 0 radical (unpaired) electrons. The van der Waals surface area contributed by atoms with E-state index in [0.717, 1.165) is 6.07 Å². The highest BCUT2D eigenvalue weighted by atomic mass is 16.6. The van der Waals surface area contributed by atoms with Gasteiger partial charge in [-0.05, 0) is 19.1 Å². The number of nitro groups is 1. The van der Waals surface area contributed by atoms with Gasteiger partial charge in [-0.1, -0.05) is 12.1 Å². The molecule has 0 aliphatic heterocycles. The Hall–Kier alpha value is -2.96. The Balaban J connectivity index is 2.52. The number of rotatable bonds is 4. The number of nitrogens with zero attached hydrogens (tertiary/aromatic N) is 2. The van der Waals surface area contributed by atoms with Crippen LogP contribution in [0.25, 0.3) is 0 Å². The number of benzene rings is 1. The third-order valence-corrected chi connectivity index (χ3v) is 2.58. The van der Waals surface area contributed by atoms with Crippen molar-refractivity contribution in [3.8, 4) is 11.6 Å². The molecule has 0 saturated carbocycles. The Kier molecular flexibility index (Phi) is 3.60. The van der Waals surface area contributed by atoms with Crippen molar-refractivity contribution in [2.75, 3.05) is 0 Å². The van der Waals surface area contributed by atoms with E-state index < -0.39 is 22.1 Å². The summed E-state index contributed by atoms with van der Waals surface area (Å²) in [5.41, 5.74) is -0.332. The van der Waals surface area contributed by atoms with Gasteiger partial charge in [-0.15, -0.1) is 0 Å². The van der Waals surface area contributed by atoms with Gasteiger partial charge < -0.3 is 9.84 Å². The van der Waals surface area contributed by atoms with Gasteiger partial charge in [-0.25, -0.2) is 9.78 Å². The van der Waals surface area contributed by atoms with Crippen LogP contribution in [0.3, 0.4) is 0 Å². The largest absolute Gasteiger partial charge is 0.477 e. The van der Waals surface area contributed by atoms with Crippen molar-refractivity contribution < 1.29 is 19.6 Å². The first kappa shape index (κ1) is 13.5. The molecule has 0 aliphatic carbocycles. The van der Waals surface area contributed by atoms with Crippen molar-refractivity contribution in [3.63, 3.8) is 0 Å². The maximum absolute atomic E-state index is 11.2. The molecule has 0 amide bonds. The summed E-state index contributed by atoms with van der Waals surface area (Å²) in [5.74, 6) is -1.34. The molecule has 0 fully saturated rings. The van der Waals surface area contributed by atoms with Gasteiger partial charge >= 0.3 is 5.97 Å². The van der Waals surface area contributed by atoms with Crippen LogP contribution in [0.15, 0.2) is 36.5 Å². The molecule has 0 saturated heterocycles. The van der Waals surface area contributed by atoms with E-state index in [9.17, 15) is 14.9 Å². The normalized spacial score (nSPS) is 10.1. The average Bonchev–Trinajstić information content (AvgIpc) is 2.40. The topological polar surface area (TPSA) is 103 Å². The number of aromatic carboxylic acids is 1. The van der Waals surface area contributed by atoms with Gasteiger partial charge in [-0.2, -0.15) is 0 Å². The summed E-state index contributed by atoms with van der Waals surface area (Å²) >= 11 is 0. The minimum absolute atomic E-state index is 0.117. The molecule has 0 unspecified atom stereocenters. The van der Waals surface area contributed by atoms with E-state index in [4.69, 9.17) is 9.84 Å². The molecule has 2 aromatic rings. The van der Waals surface area contributed by atoms with E-state index >= 15 is 0 Å². The Bertz CT molecular complexity index is 684. The Morgan fingerprint density at radius 3 is 2.70 bits per heavy atom. The predicted octanol–water partition coefficient (Wildman–Crippen LogP) is 2.79. The number of carboxylic acid groups (broad SMARTS) is 1. The molecule has 1 aromatic heterocycles. The van der Waals surface area contributed by atoms with E-state index in [1.165, 1.54) is 18.3 Å². The number of nitro benzene ring substituents is 1. The van der Waals surface area contributed by atoms with E-state index in [1.54, 1.807) is 19.1 Å². The summed E-state index contributed by atoms with van der Waals surface area (Å²) in [6.45, 7) is 1.74. The number of aryl methyl sites for hydroxylation is 1. The molecule has 102 valence electrons. The number of pyridine rings is 1. The van der Waals surface area contributed by atoms with E-state index in [-0.39, 0.29) is 11.6 Å². The van der Waals surface area contributed by atoms with Gasteiger partial charge in [0.2, 0.25) is 5.88 Å². The minimum Gasteiger partial charge on any atom is -0.477 e. The Morgan fingerprint density at radius 1 is 1.35 bits per heavy atom. The van der Waals surface area contributed by atoms with Gasteiger partial charge in [0, 0.05) is 17.8 Å². The standard InChI is InChI=1S/C13H10N2O5/c1-8-4-3-7-14-12(8)20-10-6-2-5-9(15(18)19)11(10)13(16)17/h2-7H,1H3,(H,16,17). The molecule has 7 nitrogen and oxygen atoms in total. The smallest absolute Gasteiger partial charge is 0.346 e. The molecule has 1 N–H and O–H groups in total. The monoisotopic (exact) mass is 274 g/mol. The lowest BCUT2D eigenvalue weighted by molar-refractivity contribution is -0.385. The van der Waals surface area contributed by atoms with Crippen LogP contribution in [-0.4, -0.2) is 21.0 Å². The molecule has 0 spiro atoms. The van der Waals surface area contributed by atoms with Gasteiger partial charge in [0.05, 0.1) is 4.92 Å². The molecule has 1 aromatic carbocycles. The maximum atomic E-state index is 11.2. The first-order valence-corrected chi connectivity index (χ1v) is 5.61. The number of hydrogen-bond acceptors (Lipinski definition) is 5. The first-order valence-electron chi connectivity index (χ1n) is 5.61. The number of hydrogen-bond donors (Lipinski definition) is 1. The Morgan fingerprint density at radius 2 is 2.10 bits per heavy atom. The maximum Gasteiger partial charge on any atom is 0.346 e. The zero-order valence-corrected chi connectivity index (χ0v) is 10.4. The van der Waals surface area contributed by atoms with Gasteiger partial charge in [-0.3, -0.25) is 10.1 Å². The fraction of sp³-hybridized carbons (Fsp3) is 0.0769. The highest BCUT2D eigenvalue weighted by Gasteiger charge is 2.25. The third kappa shape index (κ3) is 2.56. The number of carboxylic acids is 1. The zero-order chi connectivity index (χ0) is 14.7. The SMILES string of the molecule is Cc1cccnc1Oc1cccc([N+](=O)[O-])c1C(=O)O. The lowest BCUT2D eigenvalue weighted by Gasteiger charge is -2.09. The summed E-state index contributed by atoms with van der Waals surface area (Å²) in [7, 11) is 0. The van der Waals surface area contributed by atoms with Crippen molar-refractivity contribution in [3.05, 3.63) is 57.8 Å². The second-order valence-electron chi connectivity index (χ2n) is 3.94. The van der Waals surface area contributed by atoms with E-state index in [0.29, 0.717) is 5.56 Å². The van der Waals surface area contributed by atoms with Crippen LogP contribution in [0, 0.1) is 17.0 Å². The number of aromatic nitrogens is 1. The van der Waals surface area contributed by atoms with Gasteiger partial charge in [0.1, 0.15) is 0 Å². The van der Waals surface area contributed by atoms with Gasteiger partial charge in [0.25, 0.3) is 5.69 Å². The zero-order valence-electron chi connectivity index (χ0n) is 10.4. The molecule has 0 bridgehead atoms. The van der Waals surface area contributed by atoms with Crippen molar-refractivity contribution in [2.45, 2.75) is 6.92 Å². The second-order valence-corrected chi connectivity index (χ2v) is 3.94. The lowest BCUT2D eigenvalue weighted by Crippen LogP contribution is -2.05. The summed E-state index contributed by atoms with van der Waals surface area (Å²) in [4.78, 5) is 25.3. The molecular formula is C13H10N2O5. The van der Waals surface area contributed by atoms with Crippen molar-refractivity contribution in [2.24, 2.45) is 0 Å². The van der Waals surface area contributed by atoms with E-state index in [1.807, 2.05) is 0 Å². The highest BCUT2D eigenvalue weighted by Crippen LogP contribution is 2.32. The number of ether oxygens (including phenoxy) is 1. The predicted molar refractivity (Wildman–Crippen MR) is 69.1 cm³/mol. The van der Waals surface area contributed by atoms with Crippen molar-refractivity contribution >= 4 is 11.7 Å². The number of carbonyl (C=O) groups is 1. The Labute approximate surface area is 113 Å². The van der Waals surface area contributed by atoms with Gasteiger partial charge in [0.15, 0.2) is 11.3 Å². The van der Waals surface area contributed by atoms with E-state index in [2.05, 4.69) is 4.98 Å². The van der Waals surface area contributed by atoms with Crippen molar-refractivity contribution in [1.82, 2.24) is 4.98 Å². The third-order valence-electron chi connectivity index (χ3n) is 2.58. The molecule has 1 heterocycles. The molecule has 0 aliphatic rings. The quantitative estimate of drug-likeness (QED) is 0.679. The molecular weight excluding hydrogens is 264 g/mol. The van der Waals surface area contributed by atoms with Crippen LogP contribution in [0.5, 0.6) is 11.6 Å². The van der Waals surface area contributed by atoms with Crippen LogP contribution in [0.2, 0.25) is 0 Å². The molecule has 0 atom stereocenters. The van der Waals surface area contributed by atoms with Crippen LogP contribution in [0.4, 0.5) is 5.69 Å².